The van der Waals surface area contributed by atoms with Crippen molar-refractivity contribution in [2.24, 2.45) is 11.7 Å². The SMILES string of the molecule is C[C@@H]1CC[C@H](C(N)=O)CN1C(=O)c1ccc(Oc2cccc(Br)c2)nc1. The van der Waals surface area contributed by atoms with Crippen LogP contribution in [0.1, 0.15) is 30.1 Å². The zero-order chi connectivity index (χ0) is 18.7. The molecule has 2 aromatic rings. The third kappa shape index (κ3) is 4.22. The lowest BCUT2D eigenvalue weighted by Crippen LogP contribution is -2.48. The zero-order valence-corrected chi connectivity index (χ0v) is 16.0. The Bertz CT molecular complexity index is 810. The molecule has 136 valence electrons. The highest BCUT2D eigenvalue weighted by atomic mass is 79.9. The Hall–Kier alpha value is -2.41. The van der Waals surface area contributed by atoms with Gasteiger partial charge in [0.15, 0.2) is 0 Å². The molecule has 0 bridgehead atoms. The number of amides is 2. The molecule has 2 heterocycles. The van der Waals surface area contributed by atoms with E-state index in [-0.39, 0.29) is 23.8 Å². The number of carbonyl (C=O) groups excluding carboxylic acids is 2. The second kappa shape index (κ2) is 7.86. The average molecular weight is 418 g/mol. The van der Waals surface area contributed by atoms with Crippen LogP contribution in [0.2, 0.25) is 0 Å². The summed E-state index contributed by atoms with van der Waals surface area (Å²) in [5.74, 6) is 0.263. The molecule has 3 rings (SSSR count). The van der Waals surface area contributed by atoms with Crippen LogP contribution >= 0.6 is 15.9 Å². The minimum Gasteiger partial charge on any atom is -0.439 e. The van der Waals surface area contributed by atoms with E-state index in [1.54, 1.807) is 17.0 Å². The number of carbonyl (C=O) groups is 2. The summed E-state index contributed by atoms with van der Waals surface area (Å²) in [5, 5.41) is 0. The zero-order valence-electron chi connectivity index (χ0n) is 14.4. The second-order valence-electron chi connectivity index (χ2n) is 6.43. The molecular formula is C19H20BrN3O3. The Kier molecular flexibility index (Phi) is 5.56. The molecule has 6 nitrogen and oxygen atoms in total. The third-order valence-electron chi connectivity index (χ3n) is 4.55. The number of rotatable bonds is 4. The number of nitrogens with two attached hydrogens (primary N) is 1. The molecule has 0 aliphatic carbocycles. The monoisotopic (exact) mass is 417 g/mol. The lowest BCUT2D eigenvalue weighted by molar-refractivity contribution is -0.123. The van der Waals surface area contributed by atoms with E-state index < -0.39 is 0 Å². The van der Waals surface area contributed by atoms with Gasteiger partial charge >= 0.3 is 0 Å². The number of primary amides is 1. The number of hydrogen-bond acceptors (Lipinski definition) is 4. The highest BCUT2D eigenvalue weighted by Gasteiger charge is 2.32. The molecule has 0 unspecified atom stereocenters. The predicted octanol–water partition coefficient (Wildman–Crippen LogP) is 3.36. The van der Waals surface area contributed by atoms with Crippen LogP contribution < -0.4 is 10.5 Å². The van der Waals surface area contributed by atoms with Crippen LogP contribution in [0, 0.1) is 5.92 Å². The van der Waals surface area contributed by atoms with Crippen molar-refractivity contribution in [2.75, 3.05) is 6.54 Å². The van der Waals surface area contributed by atoms with Crippen molar-refractivity contribution < 1.29 is 14.3 Å². The van der Waals surface area contributed by atoms with Crippen molar-refractivity contribution >= 4 is 27.7 Å². The van der Waals surface area contributed by atoms with E-state index in [9.17, 15) is 9.59 Å². The van der Waals surface area contributed by atoms with Crippen molar-refractivity contribution in [3.05, 3.63) is 52.6 Å². The van der Waals surface area contributed by atoms with Crippen molar-refractivity contribution in [3.8, 4) is 11.6 Å². The maximum atomic E-state index is 12.8. The first-order valence-electron chi connectivity index (χ1n) is 8.44. The molecule has 0 saturated carbocycles. The molecule has 1 aliphatic heterocycles. The maximum Gasteiger partial charge on any atom is 0.255 e. The number of benzene rings is 1. The molecule has 1 aromatic carbocycles. The van der Waals surface area contributed by atoms with E-state index >= 15 is 0 Å². The predicted molar refractivity (Wildman–Crippen MR) is 101 cm³/mol. The number of piperidine rings is 1. The number of nitrogens with zero attached hydrogens (tertiary/aromatic N) is 2. The number of ether oxygens (including phenoxy) is 1. The van der Waals surface area contributed by atoms with E-state index in [2.05, 4.69) is 20.9 Å². The molecule has 26 heavy (non-hydrogen) atoms. The van der Waals surface area contributed by atoms with Crippen LogP contribution in [-0.4, -0.2) is 34.3 Å². The lowest BCUT2D eigenvalue weighted by Gasteiger charge is -2.36. The topological polar surface area (TPSA) is 85.5 Å². The maximum absolute atomic E-state index is 12.8. The summed E-state index contributed by atoms with van der Waals surface area (Å²) in [5.41, 5.74) is 5.87. The molecule has 7 heteroatoms. The minimum atomic E-state index is -0.356. The van der Waals surface area contributed by atoms with Gasteiger partial charge in [-0.05, 0) is 44.0 Å². The van der Waals surface area contributed by atoms with Gasteiger partial charge in [0.25, 0.3) is 5.91 Å². The summed E-state index contributed by atoms with van der Waals surface area (Å²) in [6.07, 6.45) is 2.98. The molecule has 1 aliphatic rings. The summed E-state index contributed by atoms with van der Waals surface area (Å²) in [4.78, 5) is 30.2. The van der Waals surface area contributed by atoms with Crippen LogP contribution in [-0.2, 0) is 4.79 Å². The molecule has 2 N–H and O–H groups in total. The van der Waals surface area contributed by atoms with Crippen LogP contribution in [0.15, 0.2) is 47.1 Å². The fourth-order valence-corrected chi connectivity index (χ4v) is 3.38. The molecule has 2 atom stereocenters. The van der Waals surface area contributed by atoms with Crippen LogP contribution in [0.5, 0.6) is 11.6 Å². The summed E-state index contributed by atoms with van der Waals surface area (Å²) in [7, 11) is 0. The second-order valence-corrected chi connectivity index (χ2v) is 7.34. The van der Waals surface area contributed by atoms with Crippen molar-refractivity contribution in [3.63, 3.8) is 0 Å². The van der Waals surface area contributed by atoms with Gasteiger partial charge in [-0.3, -0.25) is 9.59 Å². The first-order valence-corrected chi connectivity index (χ1v) is 9.23. The normalized spacial score (nSPS) is 19.8. The van der Waals surface area contributed by atoms with Gasteiger partial charge in [-0.1, -0.05) is 22.0 Å². The number of aromatic nitrogens is 1. The van der Waals surface area contributed by atoms with Gasteiger partial charge in [0.2, 0.25) is 11.8 Å². The number of halogens is 1. The smallest absolute Gasteiger partial charge is 0.255 e. The van der Waals surface area contributed by atoms with Crippen LogP contribution in [0.4, 0.5) is 0 Å². The molecule has 1 fully saturated rings. The average Bonchev–Trinajstić information content (AvgIpc) is 2.62. The van der Waals surface area contributed by atoms with Crippen molar-refractivity contribution in [1.82, 2.24) is 9.88 Å². The van der Waals surface area contributed by atoms with E-state index in [0.717, 1.165) is 17.3 Å². The van der Waals surface area contributed by atoms with E-state index in [1.807, 2.05) is 31.2 Å². The summed E-state index contributed by atoms with van der Waals surface area (Å²) in [6.45, 7) is 2.33. The molecular weight excluding hydrogens is 398 g/mol. The van der Waals surface area contributed by atoms with Gasteiger partial charge in [0.1, 0.15) is 5.75 Å². The van der Waals surface area contributed by atoms with Crippen LogP contribution in [0.3, 0.4) is 0 Å². The van der Waals surface area contributed by atoms with Crippen molar-refractivity contribution in [2.45, 2.75) is 25.8 Å². The van der Waals surface area contributed by atoms with E-state index in [4.69, 9.17) is 10.5 Å². The molecule has 0 spiro atoms. The van der Waals surface area contributed by atoms with Gasteiger partial charge in [-0.25, -0.2) is 4.98 Å². The van der Waals surface area contributed by atoms with Crippen LogP contribution in [0.25, 0.3) is 0 Å². The first-order chi connectivity index (χ1) is 12.4. The van der Waals surface area contributed by atoms with E-state index in [1.165, 1.54) is 6.20 Å². The summed E-state index contributed by atoms with van der Waals surface area (Å²) in [6, 6.07) is 10.8. The van der Waals surface area contributed by atoms with E-state index in [0.29, 0.717) is 23.7 Å². The minimum absolute atomic E-state index is 0.0655. The van der Waals surface area contributed by atoms with Gasteiger partial charge in [-0.15, -0.1) is 0 Å². The fourth-order valence-electron chi connectivity index (χ4n) is 3.01. The quantitative estimate of drug-likeness (QED) is 0.825. The summed E-state index contributed by atoms with van der Waals surface area (Å²) >= 11 is 3.39. The Morgan fingerprint density at radius 2 is 2.08 bits per heavy atom. The molecule has 1 aromatic heterocycles. The number of likely N-dealkylation sites (tertiary alicyclic amines) is 1. The van der Waals surface area contributed by atoms with Gasteiger partial charge in [0, 0.05) is 29.3 Å². The Morgan fingerprint density at radius 3 is 2.73 bits per heavy atom. The van der Waals surface area contributed by atoms with Gasteiger partial charge in [0.05, 0.1) is 11.5 Å². The third-order valence-corrected chi connectivity index (χ3v) is 5.04. The van der Waals surface area contributed by atoms with Crippen molar-refractivity contribution in [1.29, 1.82) is 0 Å². The Morgan fingerprint density at radius 1 is 1.27 bits per heavy atom. The highest BCUT2D eigenvalue weighted by molar-refractivity contribution is 9.10. The standard InChI is InChI=1S/C19H20BrN3O3/c1-12-5-6-14(18(21)24)11-23(12)19(25)13-7-8-17(22-10-13)26-16-4-2-3-15(20)9-16/h2-4,7-10,12,14H,5-6,11H2,1H3,(H2,21,24)/t12-,14+/m1/s1. The molecule has 2 amide bonds. The highest BCUT2D eigenvalue weighted by Crippen LogP contribution is 2.25. The number of hydrogen-bond donors (Lipinski definition) is 1. The molecule has 1 saturated heterocycles. The lowest BCUT2D eigenvalue weighted by atomic mass is 9.92. The number of pyridine rings is 1. The fraction of sp³-hybridized carbons (Fsp3) is 0.316. The summed E-state index contributed by atoms with van der Waals surface area (Å²) < 4.78 is 6.59. The largest absolute Gasteiger partial charge is 0.439 e. The van der Waals surface area contributed by atoms with Gasteiger partial charge < -0.3 is 15.4 Å². The first kappa shape index (κ1) is 18.4. The van der Waals surface area contributed by atoms with Gasteiger partial charge in [-0.2, -0.15) is 0 Å². The Labute approximate surface area is 160 Å². The Balaban J connectivity index is 1.71. The molecule has 0 radical (unpaired) electrons.